The molecular formula is C35H72. The molecular weight excluding hydrogens is 420 g/mol. The van der Waals surface area contributed by atoms with Crippen molar-refractivity contribution >= 4 is 0 Å². The quantitative estimate of drug-likeness (QED) is 0.0874. The largest absolute Gasteiger partial charge is 0.0654 e. The Kier molecular flexibility index (Phi) is 30.2. The minimum absolute atomic E-state index is 0.964. The van der Waals surface area contributed by atoms with Gasteiger partial charge in [-0.1, -0.05) is 214 Å². The third-order valence-corrected chi connectivity index (χ3v) is 8.49. The Hall–Kier alpha value is 0. The van der Waals surface area contributed by atoms with Gasteiger partial charge in [-0.25, -0.2) is 0 Å². The minimum atomic E-state index is 0.964. The molecule has 0 fully saturated rings. The summed E-state index contributed by atoms with van der Waals surface area (Å²) < 4.78 is 0. The second-order valence-corrected chi connectivity index (χ2v) is 12.5. The van der Waals surface area contributed by atoms with Crippen LogP contribution in [0.15, 0.2) is 0 Å². The zero-order valence-electron chi connectivity index (χ0n) is 25.7. The highest BCUT2D eigenvalue weighted by atomic mass is 14.1. The lowest BCUT2D eigenvalue weighted by molar-refractivity contribution is 0.425. The predicted molar refractivity (Wildman–Crippen MR) is 164 cm³/mol. The fraction of sp³-hybridized carbons (Fsp3) is 1.00. The fourth-order valence-corrected chi connectivity index (χ4v) is 5.75. The second-order valence-electron chi connectivity index (χ2n) is 12.5. The summed E-state index contributed by atoms with van der Waals surface area (Å²) in [7, 11) is 0. The van der Waals surface area contributed by atoms with Crippen LogP contribution in [0.5, 0.6) is 0 Å². The maximum absolute atomic E-state index is 2.50. The summed E-state index contributed by atoms with van der Waals surface area (Å²) in [6.45, 7) is 9.58. The van der Waals surface area contributed by atoms with Crippen LogP contribution in [0.3, 0.4) is 0 Å². The standard InChI is InChI=1S/C35H72/c1-5-7-9-10-11-12-13-14-15-16-17-18-19-21-24-28-32-35(4)33-29-26-23-20-22-25-27-31-34(3)30-8-6-2/h34-35H,5-33H2,1-4H3. The Bertz CT molecular complexity index is 359. The number of rotatable bonds is 30. The van der Waals surface area contributed by atoms with Gasteiger partial charge in [0.05, 0.1) is 0 Å². The maximum Gasteiger partial charge on any atom is -0.0443 e. The smallest absolute Gasteiger partial charge is 0.0443 e. The normalized spacial score (nSPS) is 13.4. The van der Waals surface area contributed by atoms with Crippen LogP contribution < -0.4 is 0 Å². The first kappa shape index (κ1) is 35.0. The summed E-state index contributed by atoms with van der Waals surface area (Å²) in [5.74, 6) is 1.93. The van der Waals surface area contributed by atoms with Crippen LogP contribution in [-0.4, -0.2) is 0 Å². The lowest BCUT2D eigenvalue weighted by Crippen LogP contribution is -1.95. The number of unbranched alkanes of at least 4 members (excludes halogenated alkanes) is 22. The van der Waals surface area contributed by atoms with Gasteiger partial charge >= 0.3 is 0 Å². The van der Waals surface area contributed by atoms with E-state index in [-0.39, 0.29) is 0 Å². The third kappa shape index (κ3) is 30.1. The van der Waals surface area contributed by atoms with Crippen LogP contribution >= 0.6 is 0 Å². The molecule has 0 saturated heterocycles. The topological polar surface area (TPSA) is 0 Å². The molecule has 0 aromatic heterocycles. The minimum Gasteiger partial charge on any atom is -0.0654 e. The van der Waals surface area contributed by atoms with Crippen molar-refractivity contribution in [2.45, 2.75) is 214 Å². The molecule has 0 aliphatic carbocycles. The van der Waals surface area contributed by atoms with Crippen LogP contribution in [0.2, 0.25) is 0 Å². The van der Waals surface area contributed by atoms with E-state index >= 15 is 0 Å². The second kappa shape index (κ2) is 30.2. The van der Waals surface area contributed by atoms with Crippen LogP contribution in [-0.2, 0) is 0 Å². The summed E-state index contributed by atoms with van der Waals surface area (Å²) in [6.07, 6.45) is 42.7. The fourth-order valence-electron chi connectivity index (χ4n) is 5.75. The van der Waals surface area contributed by atoms with E-state index in [1.54, 1.807) is 0 Å². The van der Waals surface area contributed by atoms with E-state index in [2.05, 4.69) is 27.7 Å². The van der Waals surface area contributed by atoms with E-state index in [1.165, 1.54) is 186 Å². The Labute approximate surface area is 225 Å². The predicted octanol–water partition coefficient (Wildman–Crippen LogP) is 13.6. The molecule has 0 amide bonds. The van der Waals surface area contributed by atoms with Gasteiger partial charge in [-0.3, -0.25) is 0 Å². The summed E-state index contributed by atoms with van der Waals surface area (Å²) in [6, 6.07) is 0. The van der Waals surface area contributed by atoms with Gasteiger partial charge in [0, 0.05) is 0 Å². The molecule has 0 heterocycles. The molecule has 0 heteroatoms. The third-order valence-electron chi connectivity index (χ3n) is 8.49. The van der Waals surface area contributed by atoms with Crippen LogP contribution in [0.4, 0.5) is 0 Å². The average molecular weight is 493 g/mol. The molecule has 0 radical (unpaired) electrons. The van der Waals surface area contributed by atoms with Gasteiger partial charge in [-0.15, -0.1) is 0 Å². The molecule has 0 rings (SSSR count). The molecule has 0 aromatic carbocycles. The van der Waals surface area contributed by atoms with E-state index in [0.29, 0.717) is 0 Å². The summed E-state index contributed by atoms with van der Waals surface area (Å²) >= 11 is 0. The first-order valence-corrected chi connectivity index (χ1v) is 17.2. The highest BCUT2D eigenvalue weighted by Gasteiger charge is 2.03. The van der Waals surface area contributed by atoms with Gasteiger partial charge < -0.3 is 0 Å². The van der Waals surface area contributed by atoms with Gasteiger partial charge in [-0.05, 0) is 11.8 Å². The average Bonchev–Trinajstić information content (AvgIpc) is 2.86. The Morgan fingerprint density at radius 3 is 0.714 bits per heavy atom. The zero-order valence-corrected chi connectivity index (χ0v) is 25.7. The monoisotopic (exact) mass is 493 g/mol. The zero-order chi connectivity index (χ0) is 25.7. The van der Waals surface area contributed by atoms with Crippen LogP contribution in [0.25, 0.3) is 0 Å². The Morgan fingerprint density at radius 1 is 0.257 bits per heavy atom. The molecule has 0 aliphatic heterocycles. The van der Waals surface area contributed by atoms with E-state index in [9.17, 15) is 0 Å². The summed E-state index contributed by atoms with van der Waals surface area (Å²) in [5.41, 5.74) is 0. The molecule has 35 heavy (non-hydrogen) atoms. The van der Waals surface area contributed by atoms with E-state index in [1.807, 2.05) is 0 Å². The van der Waals surface area contributed by atoms with Crippen molar-refractivity contribution in [3.8, 4) is 0 Å². The van der Waals surface area contributed by atoms with Crippen molar-refractivity contribution in [2.75, 3.05) is 0 Å². The molecule has 0 aliphatic rings. The molecule has 2 unspecified atom stereocenters. The van der Waals surface area contributed by atoms with Gasteiger partial charge in [0.1, 0.15) is 0 Å². The molecule has 212 valence electrons. The highest BCUT2D eigenvalue weighted by molar-refractivity contribution is 4.57. The van der Waals surface area contributed by atoms with E-state index < -0.39 is 0 Å². The summed E-state index contributed by atoms with van der Waals surface area (Å²) in [5, 5.41) is 0. The van der Waals surface area contributed by atoms with Gasteiger partial charge in [0.25, 0.3) is 0 Å². The highest BCUT2D eigenvalue weighted by Crippen LogP contribution is 2.20. The number of hydrogen-bond acceptors (Lipinski definition) is 0. The summed E-state index contributed by atoms with van der Waals surface area (Å²) in [4.78, 5) is 0. The van der Waals surface area contributed by atoms with Crippen LogP contribution in [0.1, 0.15) is 214 Å². The van der Waals surface area contributed by atoms with Crippen molar-refractivity contribution in [3.05, 3.63) is 0 Å². The van der Waals surface area contributed by atoms with Crippen molar-refractivity contribution < 1.29 is 0 Å². The maximum atomic E-state index is 2.50. The number of hydrogen-bond donors (Lipinski definition) is 0. The lowest BCUT2D eigenvalue weighted by atomic mass is 9.95. The molecule has 0 saturated carbocycles. The van der Waals surface area contributed by atoms with E-state index in [0.717, 1.165) is 11.8 Å². The molecule has 0 spiro atoms. The molecule has 0 nitrogen and oxygen atoms in total. The molecule has 0 aromatic rings. The van der Waals surface area contributed by atoms with Gasteiger partial charge in [0.2, 0.25) is 0 Å². The van der Waals surface area contributed by atoms with Crippen molar-refractivity contribution in [3.63, 3.8) is 0 Å². The Balaban J connectivity index is 3.18. The van der Waals surface area contributed by atoms with Crippen LogP contribution in [0, 0.1) is 11.8 Å². The SMILES string of the molecule is CCCCCCCCCCCCCCCCCCC(C)CCCCCCCCCC(C)CCCC. The van der Waals surface area contributed by atoms with Crippen molar-refractivity contribution in [1.29, 1.82) is 0 Å². The van der Waals surface area contributed by atoms with E-state index in [4.69, 9.17) is 0 Å². The first-order valence-electron chi connectivity index (χ1n) is 17.2. The van der Waals surface area contributed by atoms with Crippen molar-refractivity contribution in [2.24, 2.45) is 11.8 Å². The Morgan fingerprint density at radius 2 is 0.457 bits per heavy atom. The van der Waals surface area contributed by atoms with Crippen molar-refractivity contribution in [1.82, 2.24) is 0 Å². The van der Waals surface area contributed by atoms with Gasteiger partial charge in [0.15, 0.2) is 0 Å². The molecule has 0 N–H and O–H groups in total. The molecule has 0 bridgehead atoms. The van der Waals surface area contributed by atoms with Gasteiger partial charge in [-0.2, -0.15) is 0 Å². The first-order chi connectivity index (χ1) is 17.2. The molecule has 2 atom stereocenters. The lowest BCUT2D eigenvalue weighted by Gasteiger charge is -2.11.